The lowest BCUT2D eigenvalue weighted by molar-refractivity contribution is -0.113. The summed E-state index contributed by atoms with van der Waals surface area (Å²) < 4.78 is 1.67. The molecule has 2 aromatic heterocycles. The van der Waals surface area contributed by atoms with Crippen LogP contribution in [0, 0.1) is 26.7 Å². The van der Waals surface area contributed by atoms with Gasteiger partial charge in [0.05, 0.1) is 11.4 Å². The lowest BCUT2D eigenvalue weighted by atomic mass is 10.0. The normalized spacial score (nSPS) is 17.8. The van der Waals surface area contributed by atoms with Crippen LogP contribution >= 0.6 is 11.8 Å². The van der Waals surface area contributed by atoms with Crippen molar-refractivity contribution in [2.75, 3.05) is 11.1 Å². The summed E-state index contributed by atoms with van der Waals surface area (Å²) in [5, 5.41) is 7.84. The van der Waals surface area contributed by atoms with Gasteiger partial charge in [0.15, 0.2) is 0 Å². The lowest BCUT2D eigenvalue weighted by Gasteiger charge is -2.18. The van der Waals surface area contributed by atoms with Gasteiger partial charge in [-0.1, -0.05) is 13.8 Å². The van der Waals surface area contributed by atoms with Crippen molar-refractivity contribution in [1.82, 2.24) is 19.7 Å². The van der Waals surface area contributed by atoms with Gasteiger partial charge in [0, 0.05) is 22.2 Å². The summed E-state index contributed by atoms with van der Waals surface area (Å²) in [6.07, 6.45) is 0. The molecule has 1 N–H and O–H groups in total. The number of nitrogens with zero attached hydrogens (tertiary/aromatic N) is 4. The Kier molecular flexibility index (Phi) is 4.14. The molecule has 0 spiro atoms. The molecule has 0 radical (unpaired) electrons. The number of fused-ring (bicyclic) bond motifs is 1. The largest absolute Gasteiger partial charge is 0.309 e. The van der Waals surface area contributed by atoms with Gasteiger partial charge < -0.3 is 5.32 Å². The number of nitrogens with one attached hydrogen (secondary N) is 1. The van der Waals surface area contributed by atoms with Crippen molar-refractivity contribution in [2.24, 2.45) is 5.92 Å². The first kappa shape index (κ1) is 16.0. The smallest absolute Gasteiger partial charge is 0.252 e. The molecule has 3 heterocycles. The SMILES string of the molecule is Cc1cc(C)nc(-n2nc(C)c3c2NC(=O)CS[C@H]3C(C)C)n1. The summed E-state index contributed by atoms with van der Waals surface area (Å²) in [4.78, 5) is 21.1. The summed E-state index contributed by atoms with van der Waals surface area (Å²) in [5.41, 5.74) is 3.75. The fourth-order valence-corrected chi connectivity index (χ4v) is 4.13. The quantitative estimate of drug-likeness (QED) is 0.916. The predicted octanol–water partition coefficient (Wildman–Crippen LogP) is 2.97. The van der Waals surface area contributed by atoms with E-state index in [0.29, 0.717) is 23.4 Å². The number of aryl methyl sites for hydroxylation is 3. The van der Waals surface area contributed by atoms with Crippen molar-refractivity contribution in [2.45, 2.75) is 39.9 Å². The average Bonchev–Trinajstić information content (AvgIpc) is 2.65. The highest BCUT2D eigenvalue weighted by atomic mass is 32.2. The summed E-state index contributed by atoms with van der Waals surface area (Å²) >= 11 is 1.67. The van der Waals surface area contributed by atoms with Gasteiger partial charge in [0.2, 0.25) is 5.91 Å². The number of rotatable bonds is 2. The Hall–Kier alpha value is -1.89. The van der Waals surface area contributed by atoms with Crippen molar-refractivity contribution >= 4 is 23.5 Å². The van der Waals surface area contributed by atoms with E-state index in [4.69, 9.17) is 0 Å². The molecule has 0 fully saturated rings. The molecule has 7 heteroatoms. The second-order valence-electron chi connectivity index (χ2n) is 6.23. The van der Waals surface area contributed by atoms with Crippen molar-refractivity contribution in [3.63, 3.8) is 0 Å². The highest BCUT2D eigenvalue weighted by Gasteiger charge is 2.31. The van der Waals surface area contributed by atoms with Gasteiger partial charge in [-0.2, -0.15) is 9.78 Å². The fraction of sp³-hybridized carbons (Fsp3) is 0.500. The van der Waals surface area contributed by atoms with Crippen LogP contribution in [-0.2, 0) is 4.79 Å². The molecule has 122 valence electrons. The number of hydrogen-bond donors (Lipinski definition) is 1. The summed E-state index contributed by atoms with van der Waals surface area (Å²) in [5.74, 6) is 2.06. The van der Waals surface area contributed by atoms with E-state index >= 15 is 0 Å². The molecule has 0 unspecified atom stereocenters. The molecule has 23 heavy (non-hydrogen) atoms. The van der Waals surface area contributed by atoms with Crippen LogP contribution in [0.5, 0.6) is 0 Å². The molecule has 1 aliphatic heterocycles. The van der Waals surface area contributed by atoms with Crippen LogP contribution in [-0.4, -0.2) is 31.4 Å². The van der Waals surface area contributed by atoms with E-state index < -0.39 is 0 Å². The molecular weight excluding hydrogens is 310 g/mol. The van der Waals surface area contributed by atoms with E-state index in [1.165, 1.54) is 0 Å². The van der Waals surface area contributed by atoms with Crippen molar-refractivity contribution in [3.8, 4) is 5.95 Å². The van der Waals surface area contributed by atoms with Gasteiger partial charge >= 0.3 is 0 Å². The Balaban J connectivity index is 2.21. The van der Waals surface area contributed by atoms with Gasteiger partial charge in [0.1, 0.15) is 5.82 Å². The zero-order valence-electron chi connectivity index (χ0n) is 14.0. The molecular formula is C16H21N5OS. The van der Waals surface area contributed by atoms with Crippen LogP contribution in [0.1, 0.15) is 41.7 Å². The molecule has 3 rings (SSSR count). The number of carbonyl (C=O) groups excluding carboxylic acids is 1. The number of aromatic nitrogens is 4. The van der Waals surface area contributed by atoms with Crippen LogP contribution < -0.4 is 5.32 Å². The molecule has 1 aliphatic rings. The predicted molar refractivity (Wildman–Crippen MR) is 92.0 cm³/mol. The van der Waals surface area contributed by atoms with Crippen LogP contribution in [0.2, 0.25) is 0 Å². The molecule has 0 saturated heterocycles. The maximum atomic E-state index is 12.1. The Bertz CT molecular complexity index is 748. The Morgan fingerprint density at radius 2 is 1.91 bits per heavy atom. The average molecular weight is 331 g/mol. The van der Waals surface area contributed by atoms with Gasteiger partial charge in [-0.3, -0.25) is 4.79 Å². The zero-order valence-corrected chi connectivity index (χ0v) is 14.9. The maximum absolute atomic E-state index is 12.1. The van der Waals surface area contributed by atoms with E-state index in [9.17, 15) is 4.79 Å². The molecule has 6 nitrogen and oxygen atoms in total. The number of carbonyl (C=O) groups is 1. The molecule has 0 aliphatic carbocycles. The molecule has 1 atom stereocenters. The first-order valence-electron chi connectivity index (χ1n) is 7.70. The highest BCUT2D eigenvalue weighted by Crippen LogP contribution is 2.43. The van der Waals surface area contributed by atoms with Gasteiger partial charge in [-0.05, 0) is 32.8 Å². The Labute approximate surface area is 140 Å². The maximum Gasteiger partial charge on any atom is 0.252 e. The summed E-state index contributed by atoms with van der Waals surface area (Å²) in [6, 6.07) is 1.92. The van der Waals surface area contributed by atoms with E-state index in [1.54, 1.807) is 16.4 Å². The molecule has 0 aromatic carbocycles. The van der Waals surface area contributed by atoms with Crippen LogP contribution in [0.3, 0.4) is 0 Å². The van der Waals surface area contributed by atoms with Crippen molar-refractivity contribution in [3.05, 3.63) is 28.7 Å². The molecule has 0 saturated carbocycles. The molecule has 1 amide bonds. The van der Waals surface area contributed by atoms with E-state index in [0.717, 1.165) is 22.6 Å². The van der Waals surface area contributed by atoms with Crippen molar-refractivity contribution in [1.29, 1.82) is 0 Å². The summed E-state index contributed by atoms with van der Waals surface area (Å²) in [7, 11) is 0. The number of thioether (sulfide) groups is 1. The highest BCUT2D eigenvalue weighted by molar-refractivity contribution is 8.00. The Morgan fingerprint density at radius 1 is 1.26 bits per heavy atom. The van der Waals surface area contributed by atoms with E-state index in [2.05, 4.69) is 34.2 Å². The Morgan fingerprint density at radius 3 is 2.52 bits per heavy atom. The van der Waals surface area contributed by atoms with E-state index in [-0.39, 0.29) is 11.2 Å². The van der Waals surface area contributed by atoms with Gasteiger partial charge in [-0.15, -0.1) is 11.8 Å². The second kappa shape index (κ2) is 5.96. The lowest BCUT2D eigenvalue weighted by Crippen LogP contribution is -2.17. The third-order valence-electron chi connectivity index (χ3n) is 3.81. The van der Waals surface area contributed by atoms with Crippen LogP contribution in [0.25, 0.3) is 5.95 Å². The minimum atomic E-state index is -0.00933. The zero-order chi connectivity index (χ0) is 16.7. The van der Waals surface area contributed by atoms with Crippen LogP contribution in [0.15, 0.2) is 6.07 Å². The van der Waals surface area contributed by atoms with Gasteiger partial charge in [-0.25, -0.2) is 9.97 Å². The number of anilines is 1. The minimum absolute atomic E-state index is 0.00933. The summed E-state index contributed by atoms with van der Waals surface area (Å²) in [6.45, 7) is 10.2. The second-order valence-corrected chi connectivity index (χ2v) is 7.36. The fourth-order valence-electron chi connectivity index (χ4n) is 2.89. The third kappa shape index (κ3) is 2.97. The first-order chi connectivity index (χ1) is 10.9. The standard InChI is InChI=1S/C16H21N5OS/c1-8(2)14-13-11(5)20-21(15(13)19-12(22)7-23-14)16-17-9(3)6-10(4)18-16/h6,8,14H,7H2,1-5H3,(H,19,22)/t14-/m0/s1. The third-order valence-corrected chi connectivity index (χ3v) is 5.38. The molecule has 2 aromatic rings. The monoisotopic (exact) mass is 331 g/mol. The van der Waals surface area contributed by atoms with E-state index in [1.807, 2.05) is 26.8 Å². The van der Waals surface area contributed by atoms with Crippen molar-refractivity contribution < 1.29 is 4.79 Å². The minimum Gasteiger partial charge on any atom is -0.309 e. The topological polar surface area (TPSA) is 72.7 Å². The van der Waals surface area contributed by atoms with Gasteiger partial charge in [0.25, 0.3) is 5.95 Å². The number of amides is 1. The number of hydrogen-bond acceptors (Lipinski definition) is 5. The molecule has 0 bridgehead atoms. The first-order valence-corrected chi connectivity index (χ1v) is 8.75. The van der Waals surface area contributed by atoms with Crippen LogP contribution in [0.4, 0.5) is 5.82 Å².